The first kappa shape index (κ1) is 15.7. The van der Waals surface area contributed by atoms with Crippen LogP contribution < -0.4 is 11.1 Å². The van der Waals surface area contributed by atoms with E-state index in [9.17, 15) is 4.79 Å². The van der Waals surface area contributed by atoms with Gasteiger partial charge in [0, 0.05) is 31.4 Å². The molecule has 1 unspecified atom stereocenters. The molecule has 1 atom stereocenters. The number of amides is 1. The summed E-state index contributed by atoms with van der Waals surface area (Å²) in [6, 6.07) is 0.182. The molecule has 0 aromatic heterocycles. The van der Waals surface area contributed by atoms with Gasteiger partial charge in [-0.25, -0.2) is 0 Å². The smallest absolute Gasteiger partial charge is 0.220 e. The highest BCUT2D eigenvalue weighted by Gasteiger charge is 2.01. The molecule has 4 N–H and O–H groups in total. The van der Waals surface area contributed by atoms with Crippen LogP contribution in [0, 0.1) is 0 Å². The number of aliphatic hydroxyl groups excluding tert-OH is 1. The molecule has 0 heterocycles. The lowest BCUT2D eigenvalue weighted by molar-refractivity contribution is -0.121. The molecule has 0 aliphatic rings. The lowest BCUT2D eigenvalue weighted by Crippen LogP contribution is -2.26. The summed E-state index contributed by atoms with van der Waals surface area (Å²) in [5.41, 5.74) is 5.59. The second-order valence-corrected chi connectivity index (χ2v) is 5.13. The Morgan fingerprint density at radius 3 is 2.81 bits per heavy atom. The molecule has 0 bridgehead atoms. The zero-order valence-electron chi connectivity index (χ0n) is 10.1. The Bertz CT molecular complexity index is 177. The van der Waals surface area contributed by atoms with Gasteiger partial charge >= 0.3 is 0 Å². The van der Waals surface area contributed by atoms with Crippen LogP contribution in [0.2, 0.25) is 0 Å². The molecule has 1 amide bonds. The van der Waals surface area contributed by atoms with Crippen molar-refractivity contribution in [3.05, 3.63) is 0 Å². The van der Waals surface area contributed by atoms with Crippen molar-refractivity contribution in [3.63, 3.8) is 0 Å². The first-order valence-electron chi connectivity index (χ1n) is 5.87. The summed E-state index contributed by atoms with van der Waals surface area (Å²) < 4.78 is 0. The van der Waals surface area contributed by atoms with Gasteiger partial charge in [0.1, 0.15) is 0 Å². The zero-order chi connectivity index (χ0) is 12.2. The minimum atomic E-state index is 0.114. The van der Waals surface area contributed by atoms with E-state index in [-0.39, 0.29) is 18.6 Å². The second-order valence-electron chi connectivity index (χ2n) is 3.91. The van der Waals surface area contributed by atoms with Crippen LogP contribution in [0.4, 0.5) is 0 Å². The fourth-order valence-corrected chi connectivity index (χ4v) is 1.99. The van der Waals surface area contributed by atoms with E-state index in [2.05, 4.69) is 5.32 Å². The third-order valence-electron chi connectivity index (χ3n) is 2.08. The number of rotatable bonds is 10. The highest BCUT2D eigenvalue weighted by molar-refractivity contribution is 7.99. The number of nitrogens with two attached hydrogens (primary N) is 1. The van der Waals surface area contributed by atoms with Crippen molar-refractivity contribution >= 4 is 17.7 Å². The van der Waals surface area contributed by atoms with E-state index in [1.54, 1.807) is 11.8 Å². The molecule has 0 aliphatic carbocycles. The molecule has 96 valence electrons. The number of hydrogen-bond acceptors (Lipinski definition) is 4. The van der Waals surface area contributed by atoms with E-state index in [4.69, 9.17) is 10.8 Å². The van der Waals surface area contributed by atoms with Gasteiger partial charge in [0.25, 0.3) is 0 Å². The average Bonchev–Trinajstić information content (AvgIpc) is 2.22. The number of hydrogen-bond donors (Lipinski definition) is 3. The van der Waals surface area contributed by atoms with E-state index in [0.29, 0.717) is 13.0 Å². The summed E-state index contributed by atoms with van der Waals surface area (Å²) in [4.78, 5) is 11.3. The summed E-state index contributed by atoms with van der Waals surface area (Å²) in [6.07, 6.45) is 3.16. The molecular weight excluding hydrogens is 224 g/mol. The number of nitrogens with one attached hydrogen (secondary N) is 1. The fraction of sp³-hybridized carbons (Fsp3) is 0.909. The standard InChI is InChI=1S/C11H24N2O2S/c1-10(12)4-2-5-11(15)13-6-9-16-8-3-7-14/h10,14H,2-9,12H2,1H3,(H,13,15). The summed E-state index contributed by atoms with van der Waals surface area (Å²) in [5.74, 6) is 1.99. The van der Waals surface area contributed by atoms with Crippen LogP contribution in [0.15, 0.2) is 0 Å². The molecule has 0 radical (unpaired) electrons. The SMILES string of the molecule is CC(N)CCCC(=O)NCCSCCCO. The molecule has 0 aromatic rings. The number of thioether (sulfide) groups is 1. The summed E-state index contributed by atoms with van der Waals surface area (Å²) in [7, 11) is 0. The zero-order valence-corrected chi connectivity index (χ0v) is 10.9. The van der Waals surface area contributed by atoms with Crippen molar-refractivity contribution in [1.82, 2.24) is 5.32 Å². The molecule has 0 saturated carbocycles. The van der Waals surface area contributed by atoms with E-state index >= 15 is 0 Å². The van der Waals surface area contributed by atoms with E-state index in [0.717, 1.165) is 30.8 Å². The molecule has 4 nitrogen and oxygen atoms in total. The Morgan fingerprint density at radius 2 is 2.19 bits per heavy atom. The van der Waals surface area contributed by atoms with Gasteiger partial charge in [0.05, 0.1) is 0 Å². The van der Waals surface area contributed by atoms with Gasteiger partial charge in [-0.1, -0.05) is 0 Å². The van der Waals surface area contributed by atoms with Crippen LogP contribution in [0.1, 0.15) is 32.6 Å². The number of aliphatic hydroxyl groups is 1. The summed E-state index contributed by atoms with van der Waals surface area (Å²) in [6.45, 7) is 2.92. The average molecular weight is 248 g/mol. The van der Waals surface area contributed by atoms with Crippen LogP contribution in [-0.2, 0) is 4.79 Å². The molecule has 0 aliphatic heterocycles. The van der Waals surface area contributed by atoms with E-state index in [1.165, 1.54) is 0 Å². The van der Waals surface area contributed by atoms with Crippen molar-refractivity contribution in [2.75, 3.05) is 24.7 Å². The van der Waals surface area contributed by atoms with Crippen molar-refractivity contribution in [2.45, 2.75) is 38.6 Å². The predicted octanol–water partition coefficient (Wildman–Crippen LogP) is 0.736. The molecule has 0 fully saturated rings. The maximum Gasteiger partial charge on any atom is 0.220 e. The first-order chi connectivity index (χ1) is 7.66. The normalized spacial score (nSPS) is 12.4. The molecule has 5 heteroatoms. The van der Waals surface area contributed by atoms with Crippen LogP contribution in [0.5, 0.6) is 0 Å². The highest BCUT2D eigenvalue weighted by Crippen LogP contribution is 2.01. The third kappa shape index (κ3) is 11.8. The van der Waals surface area contributed by atoms with Crippen LogP contribution >= 0.6 is 11.8 Å². The quantitative estimate of drug-likeness (QED) is 0.498. The minimum Gasteiger partial charge on any atom is -0.396 e. The Hall–Kier alpha value is -0.260. The molecule has 0 spiro atoms. The van der Waals surface area contributed by atoms with Crippen molar-refractivity contribution in [1.29, 1.82) is 0 Å². The van der Waals surface area contributed by atoms with Crippen molar-refractivity contribution in [3.8, 4) is 0 Å². The Morgan fingerprint density at radius 1 is 1.44 bits per heavy atom. The van der Waals surface area contributed by atoms with E-state index < -0.39 is 0 Å². The Labute approximate surface area is 102 Å². The topological polar surface area (TPSA) is 75.4 Å². The summed E-state index contributed by atoms with van der Waals surface area (Å²) >= 11 is 1.75. The second kappa shape index (κ2) is 11.2. The number of carbonyl (C=O) groups excluding carboxylic acids is 1. The largest absolute Gasteiger partial charge is 0.396 e. The monoisotopic (exact) mass is 248 g/mol. The van der Waals surface area contributed by atoms with Crippen molar-refractivity contribution < 1.29 is 9.90 Å². The Balaban J connectivity index is 3.17. The van der Waals surface area contributed by atoms with E-state index in [1.807, 2.05) is 6.92 Å². The van der Waals surface area contributed by atoms with Gasteiger partial charge in [-0.15, -0.1) is 0 Å². The van der Waals surface area contributed by atoms with Gasteiger partial charge < -0.3 is 16.2 Å². The predicted molar refractivity (Wildman–Crippen MR) is 69.5 cm³/mol. The minimum absolute atomic E-state index is 0.114. The Kier molecular flexibility index (Phi) is 11.0. The maximum absolute atomic E-state index is 11.3. The van der Waals surface area contributed by atoms with Crippen LogP contribution in [0.3, 0.4) is 0 Å². The van der Waals surface area contributed by atoms with Gasteiger partial charge in [0.15, 0.2) is 0 Å². The lowest BCUT2D eigenvalue weighted by Gasteiger charge is -2.06. The third-order valence-corrected chi connectivity index (χ3v) is 3.15. The van der Waals surface area contributed by atoms with Gasteiger partial charge in [-0.05, 0) is 31.9 Å². The van der Waals surface area contributed by atoms with Gasteiger partial charge in [-0.2, -0.15) is 11.8 Å². The molecule has 0 aromatic carbocycles. The molecule has 0 saturated heterocycles. The molecule has 16 heavy (non-hydrogen) atoms. The van der Waals surface area contributed by atoms with Crippen molar-refractivity contribution in [2.24, 2.45) is 5.73 Å². The first-order valence-corrected chi connectivity index (χ1v) is 7.03. The molecular formula is C11H24N2O2S. The summed E-state index contributed by atoms with van der Waals surface area (Å²) in [5, 5.41) is 11.4. The van der Waals surface area contributed by atoms with Crippen LogP contribution in [0.25, 0.3) is 0 Å². The van der Waals surface area contributed by atoms with Gasteiger partial charge in [0.2, 0.25) is 5.91 Å². The van der Waals surface area contributed by atoms with Gasteiger partial charge in [-0.3, -0.25) is 4.79 Å². The maximum atomic E-state index is 11.3. The highest BCUT2D eigenvalue weighted by atomic mass is 32.2. The van der Waals surface area contributed by atoms with Crippen LogP contribution in [-0.4, -0.2) is 41.7 Å². The molecule has 0 rings (SSSR count). The lowest BCUT2D eigenvalue weighted by atomic mass is 10.1. The number of carbonyl (C=O) groups is 1. The fourth-order valence-electron chi connectivity index (χ4n) is 1.20.